The van der Waals surface area contributed by atoms with Gasteiger partial charge in [-0.15, -0.1) is 0 Å². The number of carbonyl (C=O) groups excluding carboxylic acids is 3. The summed E-state index contributed by atoms with van der Waals surface area (Å²) in [4.78, 5) is 39.1. The third kappa shape index (κ3) is 3.05. The van der Waals surface area contributed by atoms with Crippen LogP contribution in [0.4, 0.5) is 5.69 Å². The lowest BCUT2D eigenvalue weighted by Crippen LogP contribution is -2.42. The van der Waals surface area contributed by atoms with Crippen molar-refractivity contribution in [2.45, 2.75) is 13.3 Å². The van der Waals surface area contributed by atoms with Gasteiger partial charge in [-0.3, -0.25) is 23.7 Å². The predicted octanol–water partition coefficient (Wildman–Crippen LogP) is 0.00150. The zero-order valence-corrected chi connectivity index (χ0v) is 14.9. The Morgan fingerprint density at radius 1 is 1.04 bits per heavy atom. The average Bonchev–Trinajstić information content (AvgIpc) is 3.09. The maximum atomic E-state index is 12.8. The van der Waals surface area contributed by atoms with E-state index in [1.807, 2.05) is 0 Å². The molecule has 0 atom stereocenters. The van der Waals surface area contributed by atoms with Gasteiger partial charge in [0.1, 0.15) is 11.4 Å². The molecule has 3 amide bonds. The fourth-order valence-corrected chi connectivity index (χ4v) is 2.78. The van der Waals surface area contributed by atoms with Gasteiger partial charge in [0.05, 0.1) is 23.6 Å². The van der Waals surface area contributed by atoms with Gasteiger partial charge in [0.2, 0.25) is 0 Å². The molecular weight excluding hydrogens is 338 g/mol. The van der Waals surface area contributed by atoms with E-state index >= 15 is 0 Å². The van der Waals surface area contributed by atoms with Crippen LogP contribution in [0.15, 0.2) is 12.4 Å². The molecule has 3 rings (SSSR count). The van der Waals surface area contributed by atoms with Crippen LogP contribution in [-0.4, -0.2) is 61.8 Å². The van der Waals surface area contributed by atoms with E-state index in [2.05, 4.69) is 20.8 Å². The molecule has 0 bridgehead atoms. The fraction of sp³-hybridized carbons (Fsp3) is 0.438. The molecule has 0 saturated carbocycles. The number of likely N-dealkylation sites (tertiary alicyclic amines) is 1. The summed E-state index contributed by atoms with van der Waals surface area (Å²) < 4.78 is 2.74. The molecule has 0 aromatic carbocycles. The zero-order chi connectivity index (χ0) is 18.8. The second-order valence-corrected chi connectivity index (χ2v) is 6.02. The number of hydrogen-bond acceptors (Lipinski definition) is 5. The van der Waals surface area contributed by atoms with Crippen molar-refractivity contribution in [1.29, 1.82) is 0 Å². The highest BCUT2D eigenvalue weighted by Crippen LogP contribution is 2.19. The Balaban J connectivity index is 1.87. The van der Waals surface area contributed by atoms with E-state index < -0.39 is 5.91 Å². The molecule has 0 spiro atoms. The highest BCUT2D eigenvalue weighted by molar-refractivity contribution is 6.12. The molecule has 0 aliphatic carbocycles. The molecule has 1 saturated heterocycles. The highest BCUT2D eigenvalue weighted by Gasteiger charge is 2.29. The molecule has 3 heterocycles. The monoisotopic (exact) mass is 359 g/mol. The molecule has 1 aliphatic rings. The normalized spacial score (nSPS) is 13.3. The van der Waals surface area contributed by atoms with E-state index in [1.54, 1.807) is 25.9 Å². The Labute approximate surface area is 150 Å². The molecule has 26 heavy (non-hydrogen) atoms. The second-order valence-electron chi connectivity index (χ2n) is 6.02. The summed E-state index contributed by atoms with van der Waals surface area (Å²) >= 11 is 0. The van der Waals surface area contributed by atoms with Gasteiger partial charge in [-0.05, 0) is 13.3 Å². The molecule has 10 heteroatoms. The fourth-order valence-electron chi connectivity index (χ4n) is 2.78. The largest absolute Gasteiger partial charge is 0.351 e. The standard InChI is InChI=1S/C16H21N7O3/c1-4-17-14(24)13-11(9-19-22(13)3)20-15(25)12-10(8-18-21(12)2)16(26)23-6-5-7-23/h8-9H,4-7H2,1-3H3,(H,17,24)(H,20,25). The Hall–Kier alpha value is -3.17. The van der Waals surface area contributed by atoms with Crippen LogP contribution in [0.2, 0.25) is 0 Å². The Bertz CT molecular complexity index is 863. The molecule has 0 radical (unpaired) electrons. The van der Waals surface area contributed by atoms with Crippen LogP contribution in [0.25, 0.3) is 0 Å². The predicted molar refractivity (Wildman–Crippen MR) is 92.9 cm³/mol. The van der Waals surface area contributed by atoms with Gasteiger partial charge in [0, 0.05) is 33.7 Å². The molecule has 1 aliphatic heterocycles. The van der Waals surface area contributed by atoms with E-state index in [-0.39, 0.29) is 34.5 Å². The average molecular weight is 359 g/mol. The summed E-state index contributed by atoms with van der Waals surface area (Å²) in [5, 5.41) is 13.4. The number of aromatic nitrogens is 4. The van der Waals surface area contributed by atoms with Gasteiger partial charge >= 0.3 is 0 Å². The molecule has 2 aromatic heterocycles. The van der Waals surface area contributed by atoms with Crippen molar-refractivity contribution in [2.24, 2.45) is 14.1 Å². The van der Waals surface area contributed by atoms with Crippen molar-refractivity contribution in [3.8, 4) is 0 Å². The van der Waals surface area contributed by atoms with E-state index in [0.29, 0.717) is 19.6 Å². The van der Waals surface area contributed by atoms with Crippen molar-refractivity contribution in [3.63, 3.8) is 0 Å². The first-order valence-electron chi connectivity index (χ1n) is 8.36. The van der Waals surface area contributed by atoms with E-state index in [0.717, 1.165) is 6.42 Å². The van der Waals surface area contributed by atoms with Crippen molar-refractivity contribution in [1.82, 2.24) is 29.8 Å². The summed E-state index contributed by atoms with van der Waals surface area (Å²) in [6, 6.07) is 0. The number of amides is 3. The Morgan fingerprint density at radius 2 is 1.69 bits per heavy atom. The van der Waals surface area contributed by atoms with Gasteiger partial charge in [0.25, 0.3) is 17.7 Å². The quantitative estimate of drug-likeness (QED) is 0.780. The molecule has 2 N–H and O–H groups in total. The van der Waals surface area contributed by atoms with Gasteiger partial charge in [-0.1, -0.05) is 0 Å². The van der Waals surface area contributed by atoms with Crippen LogP contribution in [0, 0.1) is 0 Å². The molecule has 0 unspecified atom stereocenters. The number of rotatable bonds is 5. The third-order valence-electron chi connectivity index (χ3n) is 4.27. The first kappa shape index (κ1) is 17.6. The van der Waals surface area contributed by atoms with Gasteiger partial charge in [-0.2, -0.15) is 10.2 Å². The number of carbonyl (C=O) groups is 3. The van der Waals surface area contributed by atoms with E-state index in [1.165, 1.54) is 21.8 Å². The van der Waals surface area contributed by atoms with Crippen molar-refractivity contribution >= 4 is 23.4 Å². The lowest BCUT2D eigenvalue weighted by molar-refractivity contribution is 0.0648. The lowest BCUT2D eigenvalue weighted by atomic mass is 10.1. The van der Waals surface area contributed by atoms with Crippen molar-refractivity contribution in [3.05, 3.63) is 29.3 Å². The highest BCUT2D eigenvalue weighted by atomic mass is 16.2. The molecule has 2 aromatic rings. The molecule has 10 nitrogen and oxygen atoms in total. The minimum atomic E-state index is -0.521. The number of anilines is 1. The number of nitrogens with zero attached hydrogens (tertiary/aromatic N) is 5. The van der Waals surface area contributed by atoms with Gasteiger partial charge in [-0.25, -0.2) is 0 Å². The molecule has 1 fully saturated rings. The van der Waals surface area contributed by atoms with Crippen LogP contribution in [0.5, 0.6) is 0 Å². The van der Waals surface area contributed by atoms with Gasteiger partial charge in [0.15, 0.2) is 0 Å². The first-order valence-corrected chi connectivity index (χ1v) is 8.36. The summed E-state index contributed by atoms with van der Waals surface area (Å²) in [7, 11) is 3.21. The Kier molecular flexibility index (Phi) is 4.74. The van der Waals surface area contributed by atoms with Crippen LogP contribution in [-0.2, 0) is 14.1 Å². The van der Waals surface area contributed by atoms with E-state index in [4.69, 9.17) is 0 Å². The maximum Gasteiger partial charge on any atom is 0.274 e. The van der Waals surface area contributed by atoms with Crippen LogP contribution < -0.4 is 10.6 Å². The SMILES string of the molecule is CCNC(=O)c1c(NC(=O)c2c(C(=O)N3CCC3)cnn2C)cnn1C. The van der Waals surface area contributed by atoms with Crippen LogP contribution >= 0.6 is 0 Å². The summed E-state index contributed by atoms with van der Waals surface area (Å²) in [5.74, 6) is -1.08. The topological polar surface area (TPSA) is 114 Å². The van der Waals surface area contributed by atoms with Gasteiger partial charge < -0.3 is 15.5 Å². The lowest BCUT2D eigenvalue weighted by Gasteiger charge is -2.30. The minimum Gasteiger partial charge on any atom is -0.351 e. The summed E-state index contributed by atoms with van der Waals surface area (Å²) in [5.41, 5.74) is 0.894. The number of aryl methyl sites for hydroxylation is 2. The van der Waals surface area contributed by atoms with Crippen molar-refractivity contribution < 1.29 is 14.4 Å². The number of nitrogens with one attached hydrogen (secondary N) is 2. The second kappa shape index (κ2) is 6.98. The minimum absolute atomic E-state index is 0.146. The number of hydrogen-bond donors (Lipinski definition) is 2. The van der Waals surface area contributed by atoms with Crippen molar-refractivity contribution in [2.75, 3.05) is 25.0 Å². The van der Waals surface area contributed by atoms with Crippen LogP contribution in [0.3, 0.4) is 0 Å². The first-order chi connectivity index (χ1) is 12.4. The van der Waals surface area contributed by atoms with Crippen LogP contribution in [0.1, 0.15) is 44.7 Å². The maximum absolute atomic E-state index is 12.8. The zero-order valence-electron chi connectivity index (χ0n) is 14.9. The third-order valence-corrected chi connectivity index (χ3v) is 4.27. The van der Waals surface area contributed by atoms with E-state index in [9.17, 15) is 14.4 Å². The summed E-state index contributed by atoms with van der Waals surface area (Å²) in [6.45, 7) is 3.61. The molecular formula is C16H21N7O3. The smallest absolute Gasteiger partial charge is 0.274 e. The molecule has 138 valence electrons. The summed E-state index contributed by atoms with van der Waals surface area (Å²) in [6.07, 6.45) is 3.75. The Morgan fingerprint density at radius 3 is 2.31 bits per heavy atom.